The Balaban J connectivity index is 0.00000364. The summed E-state index contributed by atoms with van der Waals surface area (Å²) >= 11 is 3.44. The molecule has 0 aliphatic heterocycles. The van der Waals surface area contributed by atoms with Crippen LogP contribution < -0.4 is 5.32 Å². The van der Waals surface area contributed by atoms with Crippen molar-refractivity contribution in [2.24, 2.45) is 12.0 Å². The molecule has 0 atom stereocenters. The molecule has 1 N–H and O–H groups in total. The molecule has 0 fully saturated rings. The average molecular weight is 573 g/mol. The lowest BCUT2D eigenvalue weighted by atomic mass is 10.3. The van der Waals surface area contributed by atoms with Crippen molar-refractivity contribution >= 4 is 55.7 Å². The number of hydrogen-bond donors (Lipinski definition) is 1. The maximum absolute atomic E-state index is 13.7. The summed E-state index contributed by atoms with van der Waals surface area (Å²) < 4.78 is 41.3. The highest BCUT2D eigenvalue weighted by molar-refractivity contribution is 14.0. The van der Waals surface area contributed by atoms with Crippen molar-refractivity contribution < 1.29 is 12.8 Å². The molecule has 0 aliphatic carbocycles. The van der Waals surface area contributed by atoms with Crippen LogP contribution >= 0.6 is 39.9 Å². The molecular formula is C17H23BrFIN4O2S. The number of guanidine groups is 1. The molecule has 1 aromatic heterocycles. The Kier molecular flexibility index (Phi) is 9.22. The van der Waals surface area contributed by atoms with E-state index in [2.05, 4.69) is 26.2 Å². The smallest absolute Gasteiger partial charge is 0.193 e. The van der Waals surface area contributed by atoms with Gasteiger partial charge in [0.05, 0.1) is 12.3 Å². The van der Waals surface area contributed by atoms with Crippen molar-refractivity contribution in [3.8, 4) is 0 Å². The highest BCUT2D eigenvalue weighted by Gasteiger charge is 2.19. The van der Waals surface area contributed by atoms with E-state index in [0.717, 1.165) is 16.2 Å². The normalized spacial score (nSPS) is 11.8. The van der Waals surface area contributed by atoms with E-state index in [1.165, 1.54) is 18.2 Å². The van der Waals surface area contributed by atoms with E-state index in [1.54, 1.807) is 7.05 Å². The topological polar surface area (TPSA) is 66.7 Å². The summed E-state index contributed by atoms with van der Waals surface area (Å²) in [6.45, 7) is 0.729. The SMILES string of the molecule is CN=C(NCCS(=O)(=O)c1ccccc1F)N(C)Cc1cc(Br)cn1C.I. The highest BCUT2D eigenvalue weighted by Crippen LogP contribution is 2.16. The van der Waals surface area contributed by atoms with Gasteiger partial charge in [-0.25, -0.2) is 12.8 Å². The van der Waals surface area contributed by atoms with Crippen molar-refractivity contribution in [1.82, 2.24) is 14.8 Å². The number of nitrogens with zero attached hydrogens (tertiary/aromatic N) is 3. The molecule has 0 saturated heterocycles. The molecule has 0 saturated carbocycles. The van der Waals surface area contributed by atoms with Gasteiger partial charge in [0, 0.05) is 44.1 Å². The van der Waals surface area contributed by atoms with Crippen molar-refractivity contribution in [2.75, 3.05) is 26.4 Å². The Morgan fingerprint density at radius 1 is 1.37 bits per heavy atom. The fraction of sp³-hybridized carbons (Fsp3) is 0.353. The van der Waals surface area contributed by atoms with Gasteiger partial charge in [0.15, 0.2) is 15.8 Å². The molecule has 10 heteroatoms. The number of benzene rings is 1. The number of aliphatic imine (C=N–C) groups is 1. The number of sulfone groups is 1. The second kappa shape index (κ2) is 10.4. The zero-order valence-electron chi connectivity index (χ0n) is 15.3. The number of hydrogen-bond acceptors (Lipinski definition) is 3. The number of halogens is 3. The molecule has 1 heterocycles. The Morgan fingerprint density at radius 2 is 2.04 bits per heavy atom. The summed E-state index contributed by atoms with van der Waals surface area (Å²) in [6.07, 6.45) is 1.96. The minimum atomic E-state index is -3.70. The Bertz CT molecular complexity index is 902. The van der Waals surface area contributed by atoms with Gasteiger partial charge in [0.2, 0.25) is 0 Å². The van der Waals surface area contributed by atoms with E-state index in [-0.39, 0.29) is 41.2 Å². The Labute approximate surface area is 184 Å². The minimum Gasteiger partial charge on any atom is -0.355 e. The fourth-order valence-electron chi connectivity index (χ4n) is 2.53. The van der Waals surface area contributed by atoms with E-state index in [9.17, 15) is 12.8 Å². The average Bonchev–Trinajstić information content (AvgIpc) is 2.89. The first kappa shape index (κ1) is 23.9. The van der Waals surface area contributed by atoms with E-state index >= 15 is 0 Å². The number of rotatable bonds is 6. The van der Waals surface area contributed by atoms with Gasteiger partial charge in [-0.2, -0.15) is 0 Å². The number of aryl methyl sites for hydroxylation is 1. The van der Waals surface area contributed by atoms with E-state index in [4.69, 9.17) is 0 Å². The molecule has 6 nitrogen and oxygen atoms in total. The van der Waals surface area contributed by atoms with Gasteiger partial charge in [0.25, 0.3) is 0 Å². The van der Waals surface area contributed by atoms with Crippen molar-refractivity contribution in [1.29, 1.82) is 0 Å². The van der Waals surface area contributed by atoms with Crippen LogP contribution in [0.1, 0.15) is 5.69 Å². The highest BCUT2D eigenvalue weighted by atomic mass is 127. The van der Waals surface area contributed by atoms with Crippen LogP contribution in [0.2, 0.25) is 0 Å². The van der Waals surface area contributed by atoms with E-state index < -0.39 is 15.7 Å². The van der Waals surface area contributed by atoms with Gasteiger partial charge in [0.1, 0.15) is 10.7 Å². The summed E-state index contributed by atoms with van der Waals surface area (Å²) in [4.78, 5) is 5.78. The molecule has 0 radical (unpaired) electrons. The van der Waals surface area contributed by atoms with Gasteiger partial charge in [-0.05, 0) is 34.1 Å². The molecule has 0 amide bonds. The summed E-state index contributed by atoms with van der Waals surface area (Å²) in [7, 11) is 1.74. The fourth-order valence-corrected chi connectivity index (χ4v) is 4.34. The quantitative estimate of drug-likeness (QED) is 0.328. The lowest BCUT2D eigenvalue weighted by Crippen LogP contribution is -2.40. The van der Waals surface area contributed by atoms with Gasteiger partial charge >= 0.3 is 0 Å². The third-order valence-electron chi connectivity index (χ3n) is 3.87. The predicted molar refractivity (Wildman–Crippen MR) is 120 cm³/mol. The van der Waals surface area contributed by atoms with Crippen LogP contribution in [0.15, 0.2) is 50.9 Å². The summed E-state index contributed by atoms with van der Waals surface area (Å²) in [5, 5.41) is 3.01. The maximum Gasteiger partial charge on any atom is 0.193 e. The monoisotopic (exact) mass is 572 g/mol. The summed E-state index contributed by atoms with van der Waals surface area (Å²) in [5.74, 6) is -0.398. The molecule has 0 bridgehead atoms. The Morgan fingerprint density at radius 3 is 2.59 bits per heavy atom. The molecule has 0 aliphatic rings. The van der Waals surface area contributed by atoms with Gasteiger partial charge < -0.3 is 14.8 Å². The van der Waals surface area contributed by atoms with Crippen LogP contribution in [0.3, 0.4) is 0 Å². The second-order valence-corrected chi connectivity index (χ2v) is 8.83. The number of aromatic nitrogens is 1. The number of nitrogens with one attached hydrogen (secondary N) is 1. The van der Waals surface area contributed by atoms with Gasteiger partial charge in [-0.3, -0.25) is 4.99 Å². The summed E-state index contributed by atoms with van der Waals surface area (Å²) in [6, 6.07) is 7.40. The van der Waals surface area contributed by atoms with Crippen LogP contribution in [0.25, 0.3) is 0 Å². The van der Waals surface area contributed by atoms with Crippen LogP contribution in [0.4, 0.5) is 4.39 Å². The van der Waals surface area contributed by atoms with Gasteiger partial charge in [-0.1, -0.05) is 12.1 Å². The molecule has 150 valence electrons. The van der Waals surface area contributed by atoms with E-state index in [1.807, 2.05) is 35.8 Å². The van der Waals surface area contributed by atoms with Crippen LogP contribution in [0, 0.1) is 5.82 Å². The molecule has 27 heavy (non-hydrogen) atoms. The third-order valence-corrected chi connectivity index (χ3v) is 6.05. The first-order valence-electron chi connectivity index (χ1n) is 7.94. The minimum absolute atomic E-state index is 0. The lowest BCUT2D eigenvalue weighted by Gasteiger charge is -2.22. The van der Waals surface area contributed by atoms with Crippen LogP contribution in [0.5, 0.6) is 0 Å². The van der Waals surface area contributed by atoms with Gasteiger partial charge in [-0.15, -0.1) is 24.0 Å². The van der Waals surface area contributed by atoms with Crippen molar-refractivity contribution in [3.63, 3.8) is 0 Å². The Hall–Kier alpha value is -1.14. The molecule has 2 rings (SSSR count). The zero-order chi connectivity index (χ0) is 19.3. The first-order valence-corrected chi connectivity index (χ1v) is 10.4. The van der Waals surface area contributed by atoms with Crippen LogP contribution in [-0.2, 0) is 23.4 Å². The first-order chi connectivity index (χ1) is 12.2. The molecule has 2 aromatic rings. The molecule has 0 unspecified atom stereocenters. The lowest BCUT2D eigenvalue weighted by molar-refractivity contribution is 0.463. The van der Waals surface area contributed by atoms with Crippen molar-refractivity contribution in [3.05, 3.63) is 52.5 Å². The van der Waals surface area contributed by atoms with Crippen LogP contribution in [-0.4, -0.2) is 50.2 Å². The standard InChI is InChI=1S/C17H22BrFN4O2S.HI/c1-20-17(23(3)12-14-10-13(18)11-22(14)2)21-8-9-26(24,25)16-7-5-4-6-15(16)19;/h4-7,10-11H,8-9,12H2,1-3H3,(H,20,21);1H. The predicted octanol–water partition coefficient (Wildman–Crippen LogP) is 3.03. The second-order valence-electron chi connectivity index (χ2n) is 5.84. The summed E-state index contributed by atoms with van der Waals surface area (Å²) in [5.41, 5.74) is 1.07. The van der Waals surface area contributed by atoms with Crippen molar-refractivity contribution in [2.45, 2.75) is 11.4 Å². The molecule has 0 spiro atoms. The largest absolute Gasteiger partial charge is 0.355 e. The maximum atomic E-state index is 13.7. The molecular weight excluding hydrogens is 550 g/mol. The van der Waals surface area contributed by atoms with E-state index in [0.29, 0.717) is 12.5 Å². The third kappa shape index (κ3) is 6.46. The zero-order valence-corrected chi connectivity index (χ0v) is 20.0. The molecule has 1 aromatic carbocycles.